The first-order valence-electron chi connectivity index (χ1n) is 8.94. The molecule has 0 aliphatic carbocycles. The van der Waals surface area contributed by atoms with Crippen molar-refractivity contribution in [3.05, 3.63) is 30.1 Å². The molecule has 2 fully saturated rings. The van der Waals surface area contributed by atoms with Crippen LogP contribution in [0.25, 0.3) is 0 Å². The van der Waals surface area contributed by atoms with Crippen LogP contribution < -0.4 is 0 Å². The molecule has 0 atom stereocenters. The molecule has 3 rings (SSSR count). The summed E-state index contributed by atoms with van der Waals surface area (Å²) in [5, 5.41) is 0. The van der Waals surface area contributed by atoms with E-state index in [4.69, 9.17) is 0 Å². The fourth-order valence-electron chi connectivity index (χ4n) is 3.38. The summed E-state index contributed by atoms with van der Waals surface area (Å²) >= 11 is 0. The predicted octanol–water partition coefficient (Wildman–Crippen LogP) is 1.24. The first-order valence-corrected chi connectivity index (χ1v) is 8.94. The Balaban J connectivity index is 1.40. The number of carbonyl (C=O) groups is 2. The molecule has 6 nitrogen and oxygen atoms in total. The van der Waals surface area contributed by atoms with Gasteiger partial charge in [0.2, 0.25) is 5.91 Å². The third kappa shape index (κ3) is 4.32. The van der Waals surface area contributed by atoms with E-state index in [1.165, 1.54) is 6.42 Å². The van der Waals surface area contributed by atoms with Gasteiger partial charge in [-0.3, -0.25) is 19.5 Å². The molecule has 0 spiro atoms. The summed E-state index contributed by atoms with van der Waals surface area (Å²) in [5.41, 5.74) is 0.506. The molecule has 2 amide bonds. The lowest BCUT2D eigenvalue weighted by Crippen LogP contribution is -2.49. The van der Waals surface area contributed by atoms with Crippen molar-refractivity contribution in [1.29, 1.82) is 0 Å². The molecule has 3 heterocycles. The molecule has 6 heteroatoms. The molecule has 1 aromatic rings. The Morgan fingerprint density at radius 2 is 1.67 bits per heavy atom. The number of nitrogens with zero attached hydrogens (tertiary/aromatic N) is 4. The van der Waals surface area contributed by atoms with E-state index in [-0.39, 0.29) is 11.8 Å². The largest absolute Gasteiger partial charge is 0.343 e. The van der Waals surface area contributed by atoms with Gasteiger partial charge < -0.3 is 9.80 Å². The number of pyridine rings is 1. The summed E-state index contributed by atoms with van der Waals surface area (Å²) in [6.07, 6.45) is 5.76. The van der Waals surface area contributed by atoms with Gasteiger partial charge in [0.25, 0.3) is 5.91 Å². The van der Waals surface area contributed by atoms with Crippen molar-refractivity contribution >= 4 is 11.8 Å². The van der Waals surface area contributed by atoms with Gasteiger partial charge >= 0.3 is 0 Å². The molecule has 1 aromatic heterocycles. The van der Waals surface area contributed by atoms with E-state index in [0.717, 1.165) is 45.6 Å². The highest BCUT2D eigenvalue weighted by atomic mass is 16.2. The highest BCUT2D eigenvalue weighted by molar-refractivity contribution is 5.92. The van der Waals surface area contributed by atoms with Gasteiger partial charge in [0.1, 0.15) is 5.69 Å². The van der Waals surface area contributed by atoms with Crippen LogP contribution in [0.4, 0.5) is 0 Å². The lowest BCUT2D eigenvalue weighted by atomic mass is 10.1. The van der Waals surface area contributed by atoms with Gasteiger partial charge in [-0.2, -0.15) is 0 Å². The molecule has 0 aromatic carbocycles. The average Bonchev–Trinajstić information content (AvgIpc) is 2.67. The van der Waals surface area contributed by atoms with Crippen molar-refractivity contribution in [2.24, 2.45) is 0 Å². The number of rotatable bonds is 4. The summed E-state index contributed by atoms with van der Waals surface area (Å²) in [6, 6.07) is 5.41. The highest BCUT2D eigenvalue weighted by Gasteiger charge is 2.24. The van der Waals surface area contributed by atoms with Crippen molar-refractivity contribution in [2.75, 3.05) is 45.8 Å². The smallest absolute Gasteiger partial charge is 0.272 e. The maximum Gasteiger partial charge on any atom is 0.272 e. The molecule has 2 saturated heterocycles. The Bertz CT molecular complexity index is 549. The fraction of sp³-hybridized carbons (Fsp3) is 0.611. The van der Waals surface area contributed by atoms with Crippen LogP contribution >= 0.6 is 0 Å². The van der Waals surface area contributed by atoms with Crippen molar-refractivity contribution < 1.29 is 9.59 Å². The zero-order chi connectivity index (χ0) is 16.8. The highest BCUT2D eigenvalue weighted by Crippen LogP contribution is 2.11. The average molecular weight is 330 g/mol. The fourth-order valence-corrected chi connectivity index (χ4v) is 3.38. The van der Waals surface area contributed by atoms with Crippen LogP contribution in [-0.4, -0.2) is 77.3 Å². The second-order valence-corrected chi connectivity index (χ2v) is 6.54. The summed E-state index contributed by atoms with van der Waals surface area (Å²) in [7, 11) is 0. The Hall–Kier alpha value is -1.95. The van der Waals surface area contributed by atoms with E-state index >= 15 is 0 Å². The topological polar surface area (TPSA) is 56.8 Å². The van der Waals surface area contributed by atoms with Gasteiger partial charge in [-0.25, -0.2) is 0 Å². The molecule has 0 N–H and O–H groups in total. The number of aromatic nitrogens is 1. The summed E-state index contributed by atoms with van der Waals surface area (Å²) in [5.74, 6) is 0.279. The maximum absolute atomic E-state index is 12.4. The molecule has 130 valence electrons. The van der Waals surface area contributed by atoms with E-state index in [1.54, 1.807) is 12.3 Å². The first-order chi connectivity index (χ1) is 11.7. The van der Waals surface area contributed by atoms with Crippen LogP contribution in [0.3, 0.4) is 0 Å². The molecular formula is C18H26N4O2. The van der Waals surface area contributed by atoms with Crippen LogP contribution in [0.1, 0.15) is 36.2 Å². The zero-order valence-corrected chi connectivity index (χ0v) is 14.2. The summed E-state index contributed by atoms with van der Waals surface area (Å²) in [6.45, 7) is 5.69. The van der Waals surface area contributed by atoms with E-state index < -0.39 is 0 Å². The summed E-state index contributed by atoms with van der Waals surface area (Å²) in [4.78, 5) is 34.9. The van der Waals surface area contributed by atoms with Crippen LogP contribution in [0.2, 0.25) is 0 Å². The molecule has 0 saturated carbocycles. The van der Waals surface area contributed by atoms with Crippen LogP contribution in [-0.2, 0) is 4.79 Å². The van der Waals surface area contributed by atoms with Crippen LogP contribution in [0, 0.1) is 0 Å². The SMILES string of the molecule is O=C(CCN1CCN(C(=O)c2ccccn2)CC1)N1CCCCC1. The lowest BCUT2D eigenvalue weighted by Gasteiger charge is -2.35. The predicted molar refractivity (Wildman–Crippen MR) is 91.6 cm³/mol. The maximum atomic E-state index is 12.4. The quantitative estimate of drug-likeness (QED) is 0.833. The number of amides is 2. The molecule has 2 aliphatic rings. The van der Waals surface area contributed by atoms with E-state index in [1.807, 2.05) is 21.9 Å². The minimum absolute atomic E-state index is 0.000330. The van der Waals surface area contributed by atoms with Crippen molar-refractivity contribution in [3.8, 4) is 0 Å². The first kappa shape index (κ1) is 16.9. The van der Waals surface area contributed by atoms with Gasteiger partial charge in [-0.1, -0.05) is 6.07 Å². The van der Waals surface area contributed by atoms with Crippen molar-refractivity contribution in [1.82, 2.24) is 19.7 Å². The Labute approximate surface area is 143 Å². The van der Waals surface area contributed by atoms with E-state index in [2.05, 4.69) is 9.88 Å². The Morgan fingerprint density at radius 3 is 2.33 bits per heavy atom. The summed E-state index contributed by atoms with van der Waals surface area (Å²) < 4.78 is 0. The van der Waals surface area contributed by atoms with Gasteiger partial charge in [0.05, 0.1) is 0 Å². The third-order valence-electron chi connectivity index (χ3n) is 4.89. The van der Waals surface area contributed by atoms with E-state index in [9.17, 15) is 9.59 Å². The van der Waals surface area contributed by atoms with Gasteiger partial charge in [0, 0.05) is 58.4 Å². The number of carbonyl (C=O) groups excluding carboxylic acids is 2. The number of piperazine rings is 1. The number of likely N-dealkylation sites (tertiary alicyclic amines) is 1. The van der Waals surface area contributed by atoms with Gasteiger partial charge in [0.15, 0.2) is 0 Å². The van der Waals surface area contributed by atoms with Crippen molar-refractivity contribution in [3.63, 3.8) is 0 Å². The number of piperidine rings is 1. The van der Waals surface area contributed by atoms with E-state index in [0.29, 0.717) is 25.2 Å². The molecule has 2 aliphatic heterocycles. The zero-order valence-electron chi connectivity index (χ0n) is 14.2. The van der Waals surface area contributed by atoms with Crippen LogP contribution in [0.5, 0.6) is 0 Å². The number of hydrogen-bond acceptors (Lipinski definition) is 4. The monoisotopic (exact) mass is 330 g/mol. The lowest BCUT2D eigenvalue weighted by molar-refractivity contribution is -0.132. The molecule has 0 unspecified atom stereocenters. The Kier molecular flexibility index (Phi) is 5.80. The molecule has 0 radical (unpaired) electrons. The van der Waals surface area contributed by atoms with Crippen molar-refractivity contribution in [2.45, 2.75) is 25.7 Å². The minimum Gasteiger partial charge on any atom is -0.343 e. The standard InChI is InChI=1S/C18H26N4O2/c23-17(21-9-4-1-5-10-21)7-11-20-12-14-22(15-13-20)18(24)16-6-2-3-8-19-16/h2-3,6,8H,1,4-5,7,9-15H2. The van der Waals surface area contributed by atoms with Gasteiger partial charge in [-0.15, -0.1) is 0 Å². The Morgan fingerprint density at radius 1 is 0.917 bits per heavy atom. The normalized spacial score (nSPS) is 19.3. The molecular weight excluding hydrogens is 304 g/mol. The molecule has 24 heavy (non-hydrogen) atoms. The van der Waals surface area contributed by atoms with Gasteiger partial charge in [-0.05, 0) is 31.4 Å². The van der Waals surface area contributed by atoms with Crippen LogP contribution in [0.15, 0.2) is 24.4 Å². The second kappa shape index (κ2) is 8.24. The second-order valence-electron chi connectivity index (χ2n) is 6.54. The minimum atomic E-state index is -0.000330. The molecule has 0 bridgehead atoms. The number of hydrogen-bond donors (Lipinski definition) is 0. The third-order valence-corrected chi connectivity index (χ3v) is 4.89.